The molecule has 0 saturated heterocycles. The summed E-state index contributed by atoms with van der Waals surface area (Å²) in [5.41, 5.74) is 0. The fraction of sp³-hybridized carbons (Fsp3) is 0.515. The Balaban J connectivity index is 1.96. The minimum atomic E-state index is -3.14. The fourth-order valence-electron chi connectivity index (χ4n) is 7.04. The highest BCUT2D eigenvalue weighted by Gasteiger charge is 2.42. The van der Waals surface area contributed by atoms with Gasteiger partial charge in [0, 0.05) is 10.8 Å². The molecule has 0 aliphatic rings. The van der Waals surface area contributed by atoms with Gasteiger partial charge in [0.05, 0.1) is 29.6 Å². The van der Waals surface area contributed by atoms with Crippen molar-refractivity contribution in [1.82, 2.24) is 0 Å². The van der Waals surface area contributed by atoms with E-state index in [1.807, 2.05) is 0 Å². The molecule has 0 N–H and O–H groups in total. The smallest absolute Gasteiger partial charge is 0.251 e. The molecule has 1 unspecified atom stereocenters. The zero-order valence-electron chi connectivity index (χ0n) is 26.6. The van der Waals surface area contributed by atoms with Crippen LogP contribution in [0.25, 0.3) is 32.3 Å². The zero-order chi connectivity index (χ0) is 33.8. The van der Waals surface area contributed by atoms with Crippen LogP contribution < -0.4 is 4.43 Å². The van der Waals surface area contributed by atoms with Crippen LogP contribution in [0, 0.1) is 64.2 Å². The maximum absolute atomic E-state index is 16.2. The highest BCUT2D eigenvalue weighted by atomic mass is 28.4. The summed E-state index contributed by atoms with van der Waals surface area (Å²) in [7, 11) is -4.63. The molecule has 0 fully saturated rings. The Morgan fingerprint density at radius 1 is 0.489 bits per heavy atom. The summed E-state index contributed by atoms with van der Waals surface area (Å²) < 4.78 is 144. The Morgan fingerprint density at radius 2 is 0.844 bits per heavy atom. The van der Waals surface area contributed by atoms with Crippen LogP contribution in [-0.2, 0) is 0 Å². The van der Waals surface area contributed by atoms with Crippen LogP contribution in [-0.4, -0.2) is 16.4 Å². The van der Waals surface area contributed by atoms with Crippen molar-refractivity contribution in [3.8, 4) is 5.75 Å². The molecule has 0 radical (unpaired) electrons. The van der Waals surface area contributed by atoms with Crippen LogP contribution in [0.5, 0.6) is 5.75 Å². The Kier molecular flexibility index (Phi) is 10.2. The van der Waals surface area contributed by atoms with Gasteiger partial charge in [0.2, 0.25) is 0 Å². The molecule has 0 aromatic heterocycles. The second kappa shape index (κ2) is 13.0. The van der Waals surface area contributed by atoms with Crippen LogP contribution in [0.3, 0.4) is 0 Å². The van der Waals surface area contributed by atoms with Crippen LogP contribution in [0.15, 0.2) is 0 Å². The number of hydrogen-bond donors (Lipinski definition) is 0. The van der Waals surface area contributed by atoms with Crippen molar-refractivity contribution in [1.29, 1.82) is 0 Å². The van der Waals surface area contributed by atoms with Crippen LogP contribution in [0.4, 0.5) is 39.5 Å². The Morgan fingerprint density at radius 3 is 1.18 bits per heavy atom. The number of hydrogen-bond acceptors (Lipinski definition) is 1. The highest BCUT2D eigenvalue weighted by molar-refractivity contribution is 6.79. The number of halogens is 9. The quantitative estimate of drug-likeness (QED) is 0.0592. The Labute approximate surface area is 259 Å². The second-order valence-electron chi connectivity index (χ2n) is 12.7. The predicted molar refractivity (Wildman–Crippen MR) is 167 cm³/mol. The Hall–Kier alpha value is -2.48. The summed E-state index contributed by atoms with van der Waals surface area (Å²) in [4.78, 5) is 0. The van der Waals surface area contributed by atoms with E-state index in [1.54, 1.807) is 13.8 Å². The first-order valence-corrected chi connectivity index (χ1v) is 21.0. The van der Waals surface area contributed by atoms with Crippen LogP contribution in [0.1, 0.15) is 54.9 Å². The maximum Gasteiger partial charge on any atom is 0.251 e. The van der Waals surface area contributed by atoms with Crippen molar-refractivity contribution in [3.63, 3.8) is 0 Å². The molecule has 0 bridgehead atoms. The minimum absolute atomic E-state index is 0.119. The van der Waals surface area contributed by atoms with E-state index >= 15 is 26.3 Å². The van der Waals surface area contributed by atoms with Gasteiger partial charge in [0.1, 0.15) is 0 Å². The van der Waals surface area contributed by atoms with Crippen molar-refractivity contribution in [3.05, 3.63) is 52.4 Å². The van der Waals surface area contributed by atoms with Gasteiger partial charge >= 0.3 is 0 Å². The molecule has 0 spiro atoms. The average Bonchev–Trinajstić information content (AvgIpc) is 3.02. The van der Waals surface area contributed by atoms with Crippen molar-refractivity contribution in [2.24, 2.45) is 11.8 Å². The van der Waals surface area contributed by atoms with Gasteiger partial charge in [0.15, 0.2) is 58.1 Å². The molecule has 0 heterocycles. The highest BCUT2D eigenvalue weighted by Crippen LogP contribution is 2.49. The monoisotopic (exact) mass is 678 g/mol. The average molecular weight is 679 g/mol. The molecule has 1 nitrogen and oxygen atoms in total. The largest absolute Gasteiger partial charge is 0.540 e. The molecule has 4 aromatic carbocycles. The lowest BCUT2D eigenvalue weighted by molar-refractivity contribution is 0.372. The molecule has 4 rings (SSSR count). The zero-order valence-corrected chi connectivity index (χ0v) is 28.6. The van der Waals surface area contributed by atoms with Crippen molar-refractivity contribution >= 4 is 48.7 Å². The van der Waals surface area contributed by atoms with Gasteiger partial charge in [-0.1, -0.05) is 79.1 Å². The molecule has 4 aromatic rings. The van der Waals surface area contributed by atoms with E-state index in [2.05, 4.69) is 34.6 Å². The van der Waals surface area contributed by atoms with Crippen LogP contribution >= 0.6 is 0 Å². The minimum Gasteiger partial charge on any atom is -0.540 e. The molecule has 0 aliphatic carbocycles. The van der Waals surface area contributed by atoms with Gasteiger partial charge in [-0.15, -0.1) is 0 Å². The molecule has 248 valence electrons. The van der Waals surface area contributed by atoms with E-state index in [0.29, 0.717) is 18.1 Å². The van der Waals surface area contributed by atoms with Gasteiger partial charge in [-0.3, -0.25) is 0 Å². The summed E-state index contributed by atoms with van der Waals surface area (Å²) in [6.45, 7) is 14.4. The molecule has 0 aliphatic heterocycles. The predicted octanol–water partition coefficient (Wildman–Crippen LogP) is 12.4. The molecule has 45 heavy (non-hydrogen) atoms. The third-order valence-electron chi connectivity index (χ3n) is 10.7. The first-order chi connectivity index (χ1) is 21.1. The van der Waals surface area contributed by atoms with Gasteiger partial charge in [-0.25, -0.2) is 39.5 Å². The topological polar surface area (TPSA) is 9.23 Å². The van der Waals surface area contributed by atoms with Crippen molar-refractivity contribution < 1.29 is 43.9 Å². The summed E-state index contributed by atoms with van der Waals surface area (Å²) in [5.74, 6) is -19.7. The van der Waals surface area contributed by atoms with E-state index in [-0.39, 0.29) is 11.8 Å². The van der Waals surface area contributed by atoms with E-state index in [0.717, 1.165) is 30.6 Å². The molecule has 0 saturated carbocycles. The van der Waals surface area contributed by atoms with E-state index in [1.165, 1.54) is 0 Å². The van der Waals surface area contributed by atoms with Gasteiger partial charge in [-0.05, 0) is 30.0 Å². The Bertz CT molecular complexity index is 1630. The molecular weight excluding hydrogens is 640 g/mol. The number of rotatable bonds is 13. The van der Waals surface area contributed by atoms with Gasteiger partial charge in [0.25, 0.3) is 8.32 Å². The molecule has 1 atom stereocenters. The van der Waals surface area contributed by atoms with E-state index in [9.17, 15) is 13.2 Å². The second-order valence-corrected chi connectivity index (χ2v) is 22.7. The van der Waals surface area contributed by atoms with Crippen LogP contribution in [0.2, 0.25) is 42.3 Å². The summed E-state index contributed by atoms with van der Waals surface area (Å²) in [6.07, 6.45) is 0.885. The third kappa shape index (κ3) is 5.51. The first-order valence-electron chi connectivity index (χ1n) is 15.7. The van der Waals surface area contributed by atoms with E-state index < -0.39 is 107 Å². The lowest BCUT2D eigenvalue weighted by atomic mass is 9.91. The summed E-state index contributed by atoms with van der Waals surface area (Å²) >= 11 is 0. The fourth-order valence-corrected chi connectivity index (χ4v) is 14.3. The lowest BCUT2D eigenvalue weighted by Gasteiger charge is -2.37. The molecular formula is C33H39F9OSi2. The summed E-state index contributed by atoms with van der Waals surface area (Å²) in [5, 5.41) is -8.23. The maximum atomic E-state index is 16.2. The normalized spacial score (nSPS) is 13.7. The van der Waals surface area contributed by atoms with E-state index in [4.69, 9.17) is 4.43 Å². The molecule has 0 amide bonds. The summed E-state index contributed by atoms with van der Waals surface area (Å²) in [6, 6.07) is 5.70. The lowest BCUT2D eigenvalue weighted by Crippen LogP contribution is -2.44. The third-order valence-corrected chi connectivity index (χ3v) is 21.0. The standard InChI is InChI=1S/C33H39F9OSi2/c1-8-44(9-2,10-3)14-13-17(16(6)7)15-45(11-4,12-5)43-33-30(40)22-19-18-20(24(34)26(22)36)28(38)32(42)29(39)21(18)25(35)27(37)23(19)31(33)41/h16-17H,8-15H2,1-7H3. The van der Waals surface area contributed by atoms with Gasteiger partial charge in [-0.2, -0.15) is 0 Å². The van der Waals surface area contributed by atoms with Crippen molar-refractivity contribution in [2.75, 3.05) is 0 Å². The first kappa shape index (κ1) is 35.4. The SMILES string of the molecule is CC[Si](CC)(CC)CCC(C[Si](CC)(CC)Oc1c(F)c2c(F)c(F)c3c(F)c(F)c(F)c4c(F)c(F)c(c1F)c2c34)C(C)C. The number of benzene rings is 4. The molecule has 12 heteroatoms. The van der Waals surface area contributed by atoms with Gasteiger partial charge < -0.3 is 4.43 Å². The van der Waals surface area contributed by atoms with Crippen molar-refractivity contribution in [2.45, 2.75) is 97.2 Å².